The first-order valence-electron chi connectivity index (χ1n) is 9.59. The molecule has 7 heteroatoms. The predicted molar refractivity (Wildman–Crippen MR) is 113 cm³/mol. The van der Waals surface area contributed by atoms with Crippen LogP contribution in [0.1, 0.15) is 55.8 Å². The zero-order valence-electron chi connectivity index (χ0n) is 17.1. The largest absolute Gasteiger partial charge is 0.493 e. The van der Waals surface area contributed by atoms with Crippen molar-refractivity contribution in [3.63, 3.8) is 0 Å². The molecule has 2 aromatic rings. The fraction of sp³-hybridized carbons (Fsp3) is 0.455. The summed E-state index contributed by atoms with van der Waals surface area (Å²) in [5.41, 5.74) is 3.22. The van der Waals surface area contributed by atoms with E-state index in [9.17, 15) is 15.0 Å². The highest BCUT2D eigenvalue weighted by atomic mass is 79.9. The number of benzene rings is 1. The Kier molecular flexibility index (Phi) is 6.31. The van der Waals surface area contributed by atoms with Gasteiger partial charge < -0.3 is 19.7 Å². The number of aromatic nitrogens is 1. The van der Waals surface area contributed by atoms with Crippen LogP contribution in [0, 0.1) is 6.92 Å². The van der Waals surface area contributed by atoms with Crippen molar-refractivity contribution in [2.45, 2.75) is 58.8 Å². The number of aliphatic carboxylic acids is 1. The zero-order chi connectivity index (χ0) is 21.3. The molecule has 1 unspecified atom stereocenters. The second-order valence-electron chi connectivity index (χ2n) is 8.13. The molecule has 1 aliphatic rings. The van der Waals surface area contributed by atoms with Crippen LogP contribution in [0.4, 0.5) is 0 Å². The molecule has 6 nitrogen and oxygen atoms in total. The third kappa shape index (κ3) is 4.63. The Morgan fingerprint density at radius 1 is 1.38 bits per heavy atom. The number of aliphatic hydroxyl groups excluding tert-OH is 1. The molecule has 156 valence electrons. The van der Waals surface area contributed by atoms with Crippen LogP contribution in [-0.4, -0.2) is 33.4 Å². The maximum absolute atomic E-state index is 12.2. The highest BCUT2D eigenvalue weighted by molar-refractivity contribution is 9.10. The number of halogens is 1. The molecule has 0 aliphatic carbocycles. The van der Waals surface area contributed by atoms with E-state index in [4.69, 9.17) is 9.47 Å². The summed E-state index contributed by atoms with van der Waals surface area (Å²) < 4.78 is 12.3. The van der Waals surface area contributed by atoms with Crippen molar-refractivity contribution in [2.24, 2.45) is 0 Å². The highest BCUT2D eigenvalue weighted by Gasteiger charge is 2.33. The van der Waals surface area contributed by atoms with Gasteiger partial charge >= 0.3 is 5.97 Å². The molecular weight excluding hydrogens is 438 g/mol. The molecule has 2 heterocycles. The number of rotatable bonds is 5. The van der Waals surface area contributed by atoms with Gasteiger partial charge in [-0.1, -0.05) is 6.07 Å². The van der Waals surface area contributed by atoms with Crippen LogP contribution in [0.2, 0.25) is 0 Å². The van der Waals surface area contributed by atoms with Crippen molar-refractivity contribution in [3.05, 3.63) is 45.2 Å². The molecule has 1 aliphatic heterocycles. The summed E-state index contributed by atoms with van der Waals surface area (Å²) in [6.07, 6.45) is 0.560. The first-order valence-corrected chi connectivity index (χ1v) is 10.4. The van der Waals surface area contributed by atoms with Crippen LogP contribution in [0.3, 0.4) is 0 Å². The molecule has 1 aromatic heterocycles. The van der Waals surface area contributed by atoms with Gasteiger partial charge in [0.2, 0.25) is 0 Å². The fourth-order valence-electron chi connectivity index (χ4n) is 3.54. The molecule has 2 N–H and O–H groups in total. The van der Waals surface area contributed by atoms with Gasteiger partial charge in [0.1, 0.15) is 5.75 Å². The van der Waals surface area contributed by atoms with Crippen LogP contribution >= 0.6 is 15.9 Å². The van der Waals surface area contributed by atoms with Gasteiger partial charge in [-0.3, -0.25) is 4.98 Å². The number of pyridine rings is 1. The van der Waals surface area contributed by atoms with Crippen LogP contribution in [-0.2, 0) is 22.6 Å². The summed E-state index contributed by atoms with van der Waals surface area (Å²) in [4.78, 5) is 16.6. The van der Waals surface area contributed by atoms with E-state index in [2.05, 4.69) is 20.9 Å². The molecule has 0 bridgehead atoms. The van der Waals surface area contributed by atoms with Gasteiger partial charge in [0.05, 0.1) is 30.2 Å². The van der Waals surface area contributed by atoms with Crippen molar-refractivity contribution in [2.75, 3.05) is 6.61 Å². The van der Waals surface area contributed by atoms with Gasteiger partial charge in [-0.2, -0.15) is 0 Å². The number of aryl methyl sites for hydroxylation is 2. The molecule has 0 fully saturated rings. The second-order valence-corrected chi connectivity index (χ2v) is 8.92. The quantitative estimate of drug-likeness (QED) is 0.674. The first-order chi connectivity index (χ1) is 13.6. The molecule has 1 atom stereocenters. The maximum Gasteiger partial charge on any atom is 0.337 e. The van der Waals surface area contributed by atoms with Crippen LogP contribution in [0.15, 0.2) is 22.7 Å². The lowest BCUT2D eigenvalue weighted by molar-refractivity contribution is -0.160. The van der Waals surface area contributed by atoms with Crippen molar-refractivity contribution in [1.29, 1.82) is 0 Å². The molecule has 1 aromatic carbocycles. The fourth-order valence-corrected chi connectivity index (χ4v) is 4.07. The van der Waals surface area contributed by atoms with Crippen molar-refractivity contribution < 1.29 is 24.5 Å². The second kappa shape index (κ2) is 8.42. The molecule has 3 rings (SSSR count). The minimum absolute atomic E-state index is 0.298. The van der Waals surface area contributed by atoms with Crippen LogP contribution < -0.4 is 4.74 Å². The summed E-state index contributed by atoms with van der Waals surface area (Å²) in [5, 5.41) is 19.9. The van der Waals surface area contributed by atoms with Gasteiger partial charge in [0.25, 0.3) is 0 Å². The Morgan fingerprint density at radius 2 is 2.10 bits per heavy atom. The monoisotopic (exact) mass is 463 g/mol. The van der Waals surface area contributed by atoms with E-state index < -0.39 is 17.7 Å². The lowest BCUT2D eigenvalue weighted by Crippen LogP contribution is -2.29. The average molecular weight is 464 g/mol. The van der Waals surface area contributed by atoms with Gasteiger partial charge in [-0.25, -0.2) is 4.79 Å². The van der Waals surface area contributed by atoms with E-state index in [1.165, 1.54) is 0 Å². The predicted octanol–water partition coefficient (Wildman–Crippen LogP) is 4.58. The number of ether oxygens (including phenoxy) is 2. The molecule has 0 amide bonds. The Morgan fingerprint density at radius 3 is 2.72 bits per heavy atom. The molecule has 0 saturated heterocycles. The van der Waals surface area contributed by atoms with Crippen LogP contribution in [0.25, 0.3) is 11.1 Å². The Bertz CT molecular complexity index is 936. The van der Waals surface area contributed by atoms with E-state index in [1.807, 2.05) is 25.1 Å². The Hall–Kier alpha value is -1.96. The third-order valence-corrected chi connectivity index (χ3v) is 5.70. The van der Waals surface area contributed by atoms with E-state index in [0.29, 0.717) is 33.6 Å². The van der Waals surface area contributed by atoms with E-state index >= 15 is 0 Å². The number of carbonyl (C=O) groups is 1. The SMILES string of the molecule is Cc1nc(CO)c(C(OC(C)(C)C)C(=O)O)c(-c2ccc3c(c2)CCCO3)c1Br. The molecular formula is C22H26BrNO5. The van der Waals surface area contributed by atoms with Crippen molar-refractivity contribution >= 4 is 21.9 Å². The van der Waals surface area contributed by atoms with E-state index in [0.717, 1.165) is 29.7 Å². The summed E-state index contributed by atoms with van der Waals surface area (Å²) in [6.45, 7) is 7.53. The smallest absolute Gasteiger partial charge is 0.337 e. The minimum atomic E-state index is -1.27. The summed E-state index contributed by atoms with van der Waals surface area (Å²) in [7, 11) is 0. The lowest BCUT2D eigenvalue weighted by Gasteiger charge is -2.29. The van der Waals surface area contributed by atoms with Gasteiger partial charge in [0.15, 0.2) is 6.10 Å². The number of fused-ring (bicyclic) bond motifs is 1. The topological polar surface area (TPSA) is 88.9 Å². The van der Waals surface area contributed by atoms with Gasteiger partial charge in [-0.15, -0.1) is 0 Å². The third-order valence-electron chi connectivity index (χ3n) is 4.72. The van der Waals surface area contributed by atoms with Crippen molar-refractivity contribution in [1.82, 2.24) is 4.98 Å². The maximum atomic E-state index is 12.2. The molecule has 0 spiro atoms. The molecule has 29 heavy (non-hydrogen) atoms. The average Bonchev–Trinajstić information content (AvgIpc) is 2.66. The number of aliphatic hydroxyl groups is 1. The molecule has 0 saturated carbocycles. The number of carboxylic acid groups (broad SMARTS) is 1. The Labute approximate surface area is 179 Å². The minimum Gasteiger partial charge on any atom is -0.493 e. The van der Waals surface area contributed by atoms with Gasteiger partial charge in [-0.05, 0) is 79.7 Å². The normalized spacial score (nSPS) is 14.8. The number of carboxylic acids is 1. The van der Waals surface area contributed by atoms with Crippen molar-refractivity contribution in [3.8, 4) is 16.9 Å². The first kappa shape index (κ1) is 21.7. The Balaban J connectivity index is 2.28. The summed E-state index contributed by atoms with van der Waals surface area (Å²) >= 11 is 3.60. The highest BCUT2D eigenvalue weighted by Crippen LogP contribution is 2.42. The van der Waals surface area contributed by atoms with Crippen LogP contribution in [0.5, 0.6) is 5.75 Å². The number of hydrogen-bond acceptors (Lipinski definition) is 5. The summed E-state index contributed by atoms with van der Waals surface area (Å²) in [5.74, 6) is -0.277. The number of nitrogens with zero attached hydrogens (tertiary/aromatic N) is 1. The standard InChI is InChI=1S/C22H26BrNO5/c1-12-19(23)17(14-7-8-16-13(10-14)6-5-9-28-16)18(15(11-25)24-12)20(21(26)27)29-22(2,3)4/h7-8,10,20,25H,5-6,9,11H2,1-4H3,(H,26,27). The van der Waals surface area contributed by atoms with E-state index in [1.54, 1.807) is 20.8 Å². The lowest BCUT2D eigenvalue weighted by atomic mass is 9.91. The summed E-state index contributed by atoms with van der Waals surface area (Å²) in [6, 6.07) is 5.84. The number of hydrogen-bond donors (Lipinski definition) is 2. The van der Waals surface area contributed by atoms with E-state index in [-0.39, 0.29) is 6.61 Å². The van der Waals surface area contributed by atoms with Gasteiger partial charge in [0, 0.05) is 15.6 Å². The molecule has 0 radical (unpaired) electrons. The zero-order valence-corrected chi connectivity index (χ0v) is 18.7.